The van der Waals surface area contributed by atoms with Crippen molar-refractivity contribution in [1.82, 2.24) is 15.5 Å². The van der Waals surface area contributed by atoms with Crippen molar-refractivity contribution in [1.29, 1.82) is 0 Å². The fourth-order valence-electron chi connectivity index (χ4n) is 2.02. The zero-order chi connectivity index (χ0) is 13.9. The van der Waals surface area contributed by atoms with Gasteiger partial charge in [-0.15, -0.1) is 0 Å². The molecular formula is C12H12N4O4. The molecule has 20 heavy (non-hydrogen) atoms. The SMILES string of the molecule is O=[N+]([O-])c1ccccc1-c1nc(C2CNCCO2)no1. The molecule has 1 aliphatic heterocycles. The molecule has 2 aromatic rings. The standard InChI is InChI=1S/C12H12N4O4/c17-16(18)9-4-2-1-3-8(9)12-14-11(15-20-12)10-7-13-5-6-19-10/h1-4,10,13H,5-7H2. The van der Waals surface area contributed by atoms with Crippen molar-refractivity contribution in [2.24, 2.45) is 0 Å². The highest BCUT2D eigenvalue weighted by Gasteiger charge is 2.24. The molecule has 0 radical (unpaired) electrons. The summed E-state index contributed by atoms with van der Waals surface area (Å²) in [6.45, 7) is 1.95. The highest BCUT2D eigenvalue weighted by atomic mass is 16.6. The molecule has 1 aliphatic rings. The summed E-state index contributed by atoms with van der Waals surface area (Å²) in [6, 6.07) is 6.26. The third-order valence-corrected chi connectivity index (χ3v) is 2.99. The molecule has 0 aliphatic carbocycles. The average Bonchev–Trinajstić information content (AvgIpc) is 2.98. The largest absolute Gasteiger partial charge is 0.367 e. The molecule has 0 spiro atoms. The zero-order valence-electron chi connectivity index (χ0n) is 10.5. The van der Waals surface area contributed by atoms with Gasteiger partial charge in [-0.1, -0.05) is 17.3 Å². The van der Waals surface area contributed by atoms with Crippen molar-refractivity contribution >= 4 is 5.69 Å². The Morgan fingerprint density at radius 2 is 2.25 bits per heavy atom. The van der Waals surface area contributed by atoms with Crippen LogP contribution in [0.4, 0.5) is 5.69 Å². The number of aromatic nitrogens is 2. The Kier molecular flexibility index (Phi) is 3.40. The van der Waals surface area contributed by atoms with Gasteiger partial charge in [0.2, 0.25) is 5.82 Å². The molecule has 1 atom stereocenters. The molecule has 1 N–H and O–H groups in total. The van der Waals surface area contributed by atoms with Crippen LogP contribution in [0.15, 0.2) is 28.8 Å². The van der Waals surface area contributed by atoms with Gasteiger partial charge in [0.05, 0.1) is 11.5 Å². The van der Waals surface area contributed by atoms with Crippen LogP contribution in [-0.2, 0) is 4.74 Å². The summed E-state index contributed by atoms with van der Waals surface area (Å²) >= 11 is 0. The summed E-state index contributed by atoms with van der Waals surface area (Å²) in [6.07, 6.45) is -0.288. The summed E-state index contributed by atoms with van der Waals surface area (Å²) < 4.78 is 10.6. The normalized spacial score (nSPS) is 18.9. The van der Waals surface area contributed by atoms with Crippen molar-refractivity contribution in [3.8, 4) is 11.5 Å². The fraction of sp³-hybridized carbons (Fsp3) is 0.333. The van der Waals surface area contributed by atoms with Crippen LogP contribution < -0.4 is 5.32 Å². The number of nitro groups is 1. The number of nitrogens with zero attached hydrogens (tertiary/aromatic N) is 3. The molecule has 1 unspecified atom stereocenters. The number of hydrogen-bond acceptors (Lipinski definition) is 7. The lowest BCUT2D eigenvalue weighted by Gasteiger charge is -2.20. The first-order valence-electron chi connectivity index (χ1n) is 6.15. The van der Waals surface area contributed by atoms with E-state index in [2.05, 4.69) is 15.5 Å². The summed E-state index contributed by atoms with van der Waals surface area (Å²) in [5.41, 5.74) is 0.241. The fourth-order valence-corrected chi connectivity index (χ4v) is 2.02. The quantitative estimate of drug-likeness (QED) is 0.665. The van der Waals surface area contributed by atoms with E-state index in [0.717, 1.165) is 6.54 Å². The topological polar surface area (TPSA) is 103 Å². The Labute approximate surface area is 113 Å². The van der Waals surface area contributed by atoms with E-state index in [1.165, 1.54) is 6.07 Å². The Morgan fingerprint density at radius 1 is 1.40 bits per heavy atom. The average molecular weight is 276 g/mol. The second-order valence-electron chi connectivity index (χ2n) is 4.30. The van der Waals surface area contributed by atoms with Gasteiger partial charge in [-0.2, -0.15) is 4.98 Å². The molecule has 8 heteroatoms. The number of nitrogens with one attached hydrogen (secondary N) is 1. The molecule has 1 aromatic heterocycles. The predicted octanol–water partition coefficient (Wildman–Crippen LogP) is 1.31. The molecule has 1 aromatic carbocycles. The van der Waals surface area contributed by atoms with Gasteiger partial charge < -0.3 is 14.6 Å². The second-order valence-corrected chi connectivity index (χ2v) is 4.30. The lowest BCUT2D eigenvalue weighted by Crippen LogP contribution is -2.33. The Bertz CT molecular complexity index is 621. The first-order chi connectivity index (χ1) is 9.75. The van der Waals surface area contributed by atoms with Gasteiger partial charge in [-0.25, -0.2) is 0 Å². The van der Waals surface area contributed by atoms with Gasteiger partial charge in [-0.3, -0.25) is 10.1 Å². The molecule has 2 heterocycles. The minimum atomic E-state index is -0.474. The van der Waals surface area contributed by atoms with Crippen molar-refractivity contribution in [2.75, 3.05) is 19.7 Å². The Morgan fingerprint density at radius 3 is 3.00 bits per heavy atom. The molecule has 1 fully saturated rings. The number of nitro benzene ring substituents is 1. The van der Waals surface area contributed by atoms with E-state index in [-0.39, 0.29) is 17.7 Å². The number of hydrogen-bond donors (Lipinski definition) is 1. The van der Waals surface area contributed by atoms with E-state index in [1.54, 1.807) is 18.2 Å². The molecule has 1 saturated heterocycles. The Balaban J connectivity index is 1.92. The molecule has 8 nitrogen and oxygen atoms in total. The van der Waals surface area contributed by atoms with E-state index in [4.69, 9.17) is 9.26 Å². The Hall–Kier alpha value is -2.32. The van der Waals surface area contributed by atoms with Gasteiger partial charge in [0.15, 0.2) is 0 Å². The van der Waals surface area contributed by atoms with Gasteiger partial charge in [0.1, 0.15) is 11.7 Å². The molecule has 104 valence electrons. The number of morpholine rings is 1. The lowest BCUT2D eigenvalue weighted by molar-refractivity contribution is -0.384. The van der Waals surface area contributed by atoms with Gasteiger partial charge in [0, 0.05) is 19.2 Å². The molecule has 0 saturated carbocycles. The number of rotatable bonds is 3. The van der Waals surface area contributed by atoms with Crippen molar-refractivity contribution in [2.45, 2.75) is 6.10 Å². The number of benzene rings is 1. The maximum Gasteiger partial charge on any atom is 0.282 e. The molecular weight excluding hydrogens is 264 g/mol. The smallest absolute Gasteiger partial charge is 0.282 e. The van der Waals surface area contributed by atoms with E-state index in [0.29, 0.717) is 24.5 Å². The predicted molar refractivity (Wildman–Crippen MR) is 68.0 cm³/mol. The zero-order valence-corrected chi connectivity index (χ0v) is 10.5. The van der Waals surface area contributed by atoms with Crippen LogP contribution in [0.1, 0.15) is 11.9 Å². The first kappa shape index (κ1) is 12.7. The molecule has 0 amide bonds. The number of ether oxygens (including phenoxy) is 1. The van der Waals surface area contributed by atoms with E-state index in [9.17, 15) is 10.1 Å². The minimum Gasteiger partial charge on any atom is -0.367 e. The van der Waals surface area contributed by atoms with E-state index in [1.807, 2.05) is 0 Å². The van der Waals surface area contributed by atoms with Crippen LogP contribution in [0.3, 0.4) is 0 Å². The van der Waals surface area contributed by atoms with E-state index < -0.39 is 4.92 Å². The van der Waals surface area contributed by atoms with E-state index >= 15 is 0 Å². The van der Waals surface area contributed by atoms with Crippen molar-refractivity contribution in [3.05, 3.63) is 40.2 Å². The van der Waals surface area contributed by atoms with Crippen LogP contribution in [0, 0.1) is 10.1 Å². The van der Waals surface area contributed by atoms with Crippen LogP contribution in [0.25, 0.3) is 11.5 Å². The van der Waals surface area contributed by atoms with Crippen molar-refractivity contribution < 1.29 is 14.2 Å². The summed E-state index contributed by atoms with van der Waals surface area (Å²) in [5.74, 6) is 0.520. The van der Waals surface area contributed by atoms with Crippen LogP contribution in [-0.4, -0.2) is 34.8 Å². The molecule has 3 rings (SSSR count). The maximum absolute atomic E-state index is 11.0. The van der Waals surface area contributed by atoms with Gasteiger partial charge >= 0.3 is 0 Å². The van der Waals surface area contributed by atoms with Crippen molar-refractivity contribution in [3.63, 3.8) is 0 Å². The third-order valence-electron chi connectivity index (χ3n) is 2.99. The van der Waals surface area contributed by atoms with Gasteiger partial charge in [-0.05, 0) is 6.07 Å². The van der Waals surface area contributed by atoms with Gasteiger partial charge in [0.25, 0.3) is 11.6 Å². The van der Waals surface area contributed by atoms with Crippen LogP contribution in [0.2, 0.25) is 0 Å². The summed E-state index contributed by atoms with van der Waals surface area (Å²) in [7, 11) is 0. The lowest BCUT2D eigenvalue weighted by atomic mass is 10.2. The first-order valence-corrected chi connectivity index (χ1v) is 6.15. The van der Waals surface area contributed by atoms with Crippen LogP contribution in [0.5, 0.6) is 0 Å². The highest BCUT2D eigenvalue weighted by molar-refractivity contribution is 5.66. The monoisotopic (exact) mass is 276 g/mol. The highest BCUT2D eigenvalue weighted by Crippen LogP contribution is 2.29. The molecule has 0 bridgehead atoms. The minimum absolute atomic E-state index is 0.0645. The summed E-state index contributed by atoms with van der Waals surface area (Å²) in [4.78, 5) is 14.7. The third kappa shape index (κ3) is 2.38. The summed E-state index contributed by atoms with van der Waals surface area (Å²) in [5, 5.41) is 18.0. The second kappa shape index (κ2) is 5.35. The van der Waals surface area contributed by atoms with Crippen LogP contribution >= 0.6 is 0 Å². The maximum atomic E-state index is 11.0. The number of para-hydroxylation sites is 1.